The molecule has 2 aliphatic heterocycles. The molecule has 2 rings (SSSR count). The maximum Gasteiger partial charge on any atom is 0.0702 e. The standard InChI is InChI=1S/C14H28N2O/c1-12(2)14-11-16(8-5-7-15-14)10-13-6-3-4-9-17-13/h12-15H,3-11H2,1-2H3. The second-order valence-corrected chi connectivity index (χ2v) is 5.91. The first-order valence-electron chi connectivity index (χ1n) is 7.33. The normalized spacial score (nSPS) is 32.6. The monoisotopic (exact) mass is 240 g/mol. The molecule has 2 aliphatic rings. The summed E-state index contributed by atoms with van der Waals surface area (Å²) in [4.78, 5) is 2.61. The molecule has 0 saturated carbocycles. The van der Waals surface area contributed by atoms with E-state index in [-0.39, 0.29) is 0 Å². The van der Waals surface area contributed by atoms with Crippen molar-refractivity contribution < 1.29 is 4.74 Å². The van der Waals surface area contributed by atoms with Crippen molar-refractivity contribution in [1.29, 1.82) is 0 Å². The van der Waals surface area contributed by atoms with Gasteiger partial charge in [0.1, 0.15) is 0 Å². The highest BCUT2D eigenvalue weighted by molar-refractivity contribution is 4.80. The van der Waals surface area contributed by atoms with E-state index in [1.54, 1.807) is 0 Å². The fourth-order valence-electron chi connectivity index (χ4n) is 2.88. The van der Waals surface area contributed by atoms with Crippen LogP contribution >= 0.6 is 0 Å². The van der Waals surface area contributed by atoms with Gasteiger partial charge in [0.25, 0.3) is 0 Å². The minimum Gasteiger partial charge on any atom is -0.377 e. The number of hydrogen-bond donors (Lipinski definition) is 1. The molecule has 0 aliphatic carbocycles. The second kappa shape index (κ2) is 6.72. The van der Waals surface area contributed by atoms with E-state index in [1.165, 1.54) is 45.3 Å². The average molecular weight is 240 g/mol. The molecule has 2 saturated heterocycles. The Labute approximate surface area is 106 Å². The Morgan fingerprint density at radius 3 is 2.88 bits per heavy atom. The third-order valence-electron chi connectivity index (χ3n) is 4.05. The highest BCUT2D eigenvalue weighted by Gasteiger charge is 2.23. The minimum atomic E-state index is 0.495. The Bertz CT molecular complexity index is 214. The van der Waals surface area contributed by atoms with Gasteiger partial charge in [-0.05, 0) is 44.7 Å². The quantitative estimate of drug-likeness (QED) is 0.815. The van der Waals surface area contributed by atoms with E-state index in [9.17, 15) is 0 Å². The van der Waals surface area contributed by atoms with Gasteiger partial charge in [0.05, 0.1) is 6.10 Å². The van der Waals surface area contributed by atoms with Crippen molar-refractivity contribution in [3.05, 3.63) is 0 Å². The van der Waals surface area contributed by atoms with Gasteiger partial charge < -0.3 is 10.1 Å². The fraction of sp³-hybridized carbons (Fsp3) is 1.00. The predicted molar refractivity (Wildman–Crippen MR) is 71.3 cm³/mol. The Morgan fingerprint density at radius 2 is 2.18 bits per heavy atom. The number of nitrogens with zero attached hydrogens (tertiary/aromatic N) is 1. The SMILES string of the molecule is CC(C)C1CN(CC2CCCCO2)CCCN1. The molecule has 2 unspecified atom stereocenters. The summed E-state index contributed by atoms with van der Waals surface area (Å²) in [5.41, 5.74) is 0. The van der Waals surface area contributed by atoms with Crippen LogP contribution in [0.4, 0.5) is 0 Å². The summed E-state index contributed by atoms with van der Waals surface area (Å²) in [6.07, 6.45) is 5.64. The van der Waals surface area contributed by atoms with Crippen molar-refractivity contribution in [3.63, 3.8) is 0 Å². The number of nitrogens with one attached hydrogen (secondary N) is 1. The lowest BCUT2D eigenvalue weighted by Crippen LogP contribution is -2.44. The first kappa shape index (κ1) is 13.3. The highest BCUT2D eigenvalue weighted by atomic mass is 16.5. The maximum absolute atomic E-state index is 5.86. The lowest BCUT2D eigenvalue weighted by molar-refractivity contribution is -0.00643. The third-order valence-corrected chi connectivity index (χ3v) is 4.05. The molecule has 0 radical (unpaired) electrons. The summed E-state index contributed by atoms with van der Waals surface area (Å²) >= 11 is 0. The van der Waals surface area contributed by atoms with E-state index in [4.69, 9.17) is 4.74 Å². The van der Waals surface area contributed by atoms with Crippen molar-refractivity contribution in [1.82, 2.24) is 10.2 Å². The Kier molecular flexibility index (Phi) is 5.26. The van der Waals surface area contributed by atoms with Crippen LogP contribution in [0.25, 0.3) is 0 Å². The Balaban J connectivity index is 1.81. The maximum atomic E-state index is 5.86. The van der Waals surface area contributed by atoms with E-state index < -0.39 is 0 Å². The van der Waals surface area contributed by atoms with Crippen molar-refractivity contribution >= 4 is 0 Å². The lowest BCUT2D eigenvalue weighted by atomic mass is 10.0. The van der Waals surface area contributed by atoms with Crippen LogP contribution in [0.2, 0.25) is 0 Å². The van der Waals surface area contributed by atoms with Crippen molar-refractivity contribution in [2.75, 3.05) is 32.8 Å². The molecule has 0 amide bonds. The van der Waals surface area contributed by atoms with Gasteiger partial charge in [-0.1, -0.05) is 13.8 Å². The van der Waals surface area contributed by atoms with Crippen LogP contribution < -0.4 is 5.32 Å². The molecule has 3 nitrogen and oxygen atoms in total. The van der Waals surface area contributed by atoms with Crippen molar-refractivity contribution in [3.8, 4) is 0 Å². The summed E-state index contributed by atoms with van der Waals surface area (Å²) in [6.45, 7) is 10.4. The Morgan fingerprint density at radius 1 is 1.29 bits per heavy atom. The molecule has 0 bridgehead atoms. The number of hydrogen-bond acceptors (Lipinski definition) is 3. The molecule has 0 aromatic rings. The lowest BCUT2D eigenvalue weighted by Gasteiger charge is -2.31. The van der Waals surface area contributed by atoms with Gasteiger partial charge in [-0.25, -0.2) is 0 Å². The smallest absolute Gasteiger partial charge is 0.0702 e. The van der Waals surface area contributed by atoms with Gasteiger partial charge in [0.2, 0.25) is 0 Å². The first-order valence-corrected chi connectivity index (χ1v) is 7.33. The number of rotatable bonds is 3. The summed E-state index contributed by atoms with van der Waals surface area (Å²) in [5.74, 6) is 0.725. The van der Waals surface area contributed by atoms with Gasteiger partial charge in [0.15, 0.2) is 0 Å². The summed E-state index contributed by atoms with van der Waals surface area (Å²) < 4.78 is 5.86. The highest BCUT2D eigenvalue weighted by Crippen LogP contribution is 2.16. The van der Waals surface area contributed by atoms with E-state index >= 15 is 0 Å². The van der Waals surface area contributed by atoms with Gasteiger partial charge >= 0.3 is 0 Å². The summed E-state index contributed by atoms with van der Waals surface area (Å²) in [7, 11) is 0. The molecule has 0 aromatic heterocycles. The largest absolute Gasteiger partial charge is 0.377 e. The zero-order chi connectivity index (χ0) is 12.1. The topological polar surface area (TPSA) is 24.5 Å². The van der Waals surface area contributed by atoms with Gasteiger partial charge in [-0.15, -0.1) is 0 Å². The fourth-order valence-corrected chi connectivity index (χ4v) is 2.88. The average Bonchev–Trinajstić information content (AvgIpc) is 2.56. The predicted octanol–water partition coefficient (Wildman–Crippen LogP) is 1.88. The van der Waals surface area contributed by atoms with Gasteiger partial charge in [-0.3, -0.25) is 4.90 Å². The van der Waals surface area contributed by atoms with Crippen LogP contribution in [-0.4, -0.2) is 49.8 Å². The molecule has 0 aromatic carbocycles. The molecular weight excluding hydrogens is 212 g/mol. The van der Waals surface area contributed by atoms with E-state index in [0.29, 0.717) is 12.1 Å². The summed E-state index contributed by atoms with van der Waals surface area (Å²) in [5, 5.41) is 3.67. The molecule has 1 N–H and O–H groups in total. The van der Waals surface area contributed by atoms with Crippen LogP contribution in [-0.2, 0) is 4.74 Å². The van der Waals surface area contributed by atoms with Crippen LogP contribution in [0.1, 0.15) is 39.5 Å². The third kappa shape index (κ3) is 4.23. The van der Waals surface area contributed by atoms with Crippen LogP contribution in [0.15, 0.2) is 0 Å². The molecule has 2 heterocycles. The molecule has 100 valence electrons. The van der Waals surface area contributed by atoms with Crippen molar-refractivity contribution in [2.24, 2.45) is 5.92 Å². The van der Waals surface area contributed by atoms with Crippen LogP contribution in [0, 0.1) is 5.92 Å². The van der Waals surface area contributed by atoms with Crippen LogP contribution in [0.3, 0.4) is 0 Å². The van der Waals surface area contributed by atoms with Crippen LogP contribution in [0.5, 0.6) is 0 Å². The van der Waals surface area contributed by atoms with E-state index in [0.717, 1.165) is 19.1 Å². The second-order valence-electron chi connectivity index (χ2n) is 5.91. The summed E-state index contributed by atoms with van der Waals surface area (Å²) in [6, 6.07) is 0.654. The Hall–Kier alpha value is -0.120. The van der Waals surface area contributed by atoms with E-state index in [1.807, 2.05) is 0 Å². The van der Waals surface area contributed by atoms with Gasteiger partial charge in [0, 0.05) is 25.7 Å². The zero-order valence-corrected chi connectivity index (χ0v) is 11.5. The number of ether oxygens (including phenoxy) is 1. The van der Waals surface area contributed by atoms with E-state index in [2.05, 4.69) is 24.1 Å². The molecule has 2 fully saturated rings. The first-order chi connectivity index (χ1) is 8.25. The molecule has 0 spiro atoms. The molecule has 2 atom stereocenters. The zero-order valence-electron chi connectivity index (χ0n) is 11.5. The molecule has 17 heavy (non-hydrogen) atoms. The molecule has 3 heteroatoms. The minimum absolute atomic E-state index is 0.495. The molecular formula is C14H28N2O. The van der Waals surface area contributed by atoms with Crippen molar-refractivity contribution in [2.45, 2.75) is 51.7 Å². The van der Waals surface area contributed by atoms with Gasteiger partial charge in [-0.2, -0.15) is 0 Å².